The molecule has 24 heavy (non-hydrogen) atoms. The Morgan fingerprint density at radius 3 is 2.62 bits per heavy atom. The molecule has 0 unspecified atom stereocenters. The van der Waals surface area contributed by atoms with Gasteiger partial charge in [0.1, 0.15) is 0 Å². The van der Waals surface area contributed by atoms with E-state index >= 15 is 0 Å². The summed E-state index contributed by atoms with van der Waals surface area (Å²) in [6, 6.07) is 7.38. The summed E-state index contributed by atoms with van der Waals surface area (Å²) in [6.07, 6.45) is 0.885. The highest BCUT2D eigenvalue weighted by Crippen LogP contribution is 2.21. The van der Waals surface area contributed by atoms with Gasteiger partial charge in [-0.1, -0.05) is 41.5 Å². The molecule has 0 radical (unpaired) electrons. The number of halogens is 2. The maximum absolute atomic E-state index is 11.9. The number of aromatic nitrogens is 2. The van der Waals surface area contributed by atoms with E-state index < -0.39 is 0 Å². The van der Waals surface area contributed by atoms with E-state index in [1.807, 2.05) is 24.3 Å². The largest absolute Gasteiger partial charge is 1.00 e. The fraction of sp³-hybridized carbons (Fsp3) is 0.400. The molecule has 0 aliphatic rings. The zero-order chi connectivity index (χ0) is 16.8. The molecule has 0 saturated carbocycles. The van der Waals surface area contributed by atoms with Crippen LogP contribution in [0.3, 0.4) is 0 Å². The molecule has 0 aliphatic carbocycles. The van der Waals surface area contributed by atoms with E-state index in [-0.39, 0.29) is 30.1 Å². The smallest absolute Gasteiger partial charge is 0.277 e. The highest BCUT2D eigenvalue weighted by Gasteiger charge is 2.19. The third-order valence-electron chi connectivity index (χ3n) is 2.98. The van der Waals surface area contributed by atoms with Gasteiger partial charge in [0.15, 0.2) is 6.04 Å². The predicted octanol–water partition coefficient (Wildman–Crippen LogP) is -0.104. The molecule has 1 amide bonds. The van der Waals surface area contributed by atoms with Gasteiger partial charge in [-0.05, 0) is 30.2 Å². The monoisotopic (exact) mass is 434 g/mol. The van der Waals surface area contributed by atoms with Crippen molar-refractivity contribution in [1.29, 1.82) is 0 Å². The Balaban J connectivity index is 0.00000288. The van der Waals surface area contributed by atoms with Crippen molar-refractivity contribution in [2.75, 3.05) is 11.1 Å². The van der Waals surface area contributed by atoms with Crippen LogP contribution in [0, 0.1) is 5.92 Å². The van der Waals surface area contributed by atoms with E-state index in [4.69, 9.17) is 4.42 Å². The highest BCUT2D eigenvalue weighted by atomic mass is 79.9. The summed E-state index contributed by atoms with van der Waals surface area (Å²) in [5.74, 6) is 1.13. The second kappa shape index (κ2) is 10.0. The first kappa shape index (κ1) is 21.0. The first-order chi connectivity index (χ1) is 10.9. The SMILES string of the molecule is CC(C)C[C@H]([NH3+])c1nnc(SCC(=O)Nc2ccc(Br)cc2)o1.[Cl-]. The van der Waals surface area contributed by atoms with Crippen LogP contribution in [0.25, 0.3) is 0 Å². The summed E-state index contributed by atoms with van der Waals surface area (Å²) < 4.78 is 6.52. The van der Waals surface area contributed by atoms with E-state index in [0.29, 0.717) is 17.0 Å². The third kappa shape index (κ3) is 6.80. The van der Waals surface area contributed by atoms with Crippen molar-refractivity contribution in [1.82, 2.24) is 10.2 Å². The molecule has 0 fully saturated rings. The minimum Gasteiger partial charge on any atom is -1.00 e. The van der Waals surface area contributed by atoms with Crippen LogP contribution in [-0.4, -0.2) is 21.9 Å². The normalized spacial score (nSPS) is 11.9. The van der Waals surface area contributed by atoms with E-state index in [1.165, 1.54) is 11.8 Å². The molecule has 1 aromatic heterocycles. The zero-order valence-electron chi connectivity index (χ0n) is 13.5. The van der Waals surface area contributed by atoms with Gasteiger partial charge in [0.25, 0.3) is 11.1 Å². The van der Waals surface area contributed by atoms with Gasteiger partial charge in [0, 0.05) is 16.6 Å². The second-order valence-electron chi connectivity index (χ2n) is 5.58. The number of quaternary nitrogens is 1. The van der Waals surface area contributed by atoms with Crippen LogP contribution in [0.1, 0.15) is 32.2 Å². The molecule has 2 aromatic rings. The van der Waals surface area contributed by atoms with Gasteiger partial charge < -0.3 is 27.9 Å². The first-order valence-electron chi connectivity index (χ1n) is 7.28. The second-order valence-corrected chi connectivity index (χ2v) is 7.42. The molecule has 1 heterocycles. The lowest BCUT2D eigenvalue weighted by atomic mass is 10.1. The Morgan fingerprint density at radius 2 is 2.00 bits per heavy atom. The average Bonchev–Trinajstić information content (AvgIpc) is 2.96. The number of hydrogen-bond acceptors (Lipinski definition) is 5. The van der Waals surface area contributed by atoms with Crippen molar-refractivity contribution in [3.05, 3.63) is 34.6 Å². The van der Waals surface area contributed by atoms with Crippen LogP contribution >= 0.6 is 27.7 Å². The Labute approximate surface area is 159 Å². The zero-order valence-corrected chi connectivity index (χ0v) is 16.6. The number of anilines is 1. The number of nitrogens with one attached hydrogen (secondary N) is 1. The molecule has 0 saturated heterocycles. The number of nitrogens with zero attached hydrogens (tertiary/aromatic N) is 2. The summed E-state index contributed by atoms with van der Waals surface area (Å²) in [7, 11) is 0. The summed E-state index contributed by atoms with van der Waals surface area (Å²) >= 11 is 4.57. The van der Waals surface area contributed by atoms with Crippen LogP contribution in [0.5, 0.6) is 0 Å². The van der Waals surface area contributed by atoms with Gasteiger partial charge >= 0.3 is 0 Å². The first-order valence-corrected chi connectivity index (χ1v) is 9.06. The van der Waals surface area contributed by atoms with Gasteiger partial charge in [0.2, 0.25) is 5.91 Å². The molecule has 6 nitrogen and oxygen atoms in total. The van der Waals surface area contributed by atoms with Gasteiger partial charge in [-0.2, -0.15) is 0 Å². The molecule has 4 N–H and O–H groups in total. The van der Waals surface area contributed by atoms with Crippen molar-refractivity contribution >= 4 is 39.3 Å². The minimum absolute atomic E-state index is 0. The molecule has 0 spiro atoms. The van der Waals surface area contributed by atoms with Crippen LogP contribution in [0.15, 0.2) is 38.4 Å². The van der Waals surface area contributed by atoms with Crippen molar-refractivity contribution < 1.29 is 27.4 Å². The maximum Gasteiger partial charge on any atom is 0.277 e. The maximum atomic E-state index is 11.9. The molecule has 132 valence electrons. The van der Waals surface area contributed by atoms with Gasteiger partial charge in [-0.3, -0.25) is 4.79 Å². The predicted molar refractivity (Wildman–Crippen MR) is 92.9 cm³/mol. The summed E-state index contributed by atoms with van der Waals surface area (Å²) in [4.78, 5) is 11.9. The average molecular weight is 436 g/mol. The Morgan fingerprint density at radius 1 is 1.33 bits per heavy atom. The topological polar surface area (TPSA) is 95.7 Å². The molecule has 0 aliphatic heterocycles. The lowest BCUT2D eigenvalue weighted by Gasteiger charge is -2.06. The third-order valence-corrected chi connectivity index (χ3v) is 4.33. The molecular weight excluding hydrogens is 416 g/mol. The van der Waals surface area contributed by atoms with Crippen molar-refractivity contribution in [3.63, 3.8) is 0 Å². The molecule has 0 bridgehead atoms. The quantitative estimate of drug-likeness (QED) is 0.592. The van der Waals surface area contributed by atoms with E-state index in [1.54, 1.807) is 0 Å². The number of rotatable bonds is 7. The van der Waals surface area contributed by atoms with E-state index in [9.17, 15) is 4.79 Å². The highest BCUT2D eigenvalue weighted by molar-refractivity contribution is 9.10. The van der Waals surface area contributed by atoms with Crippen LogP contribution < -0.4 is 23.5 Å². The molecule has 9 heteroatoms. The lowest BCUT2D eigenvalue weighted by Crippen LogP contribution is -3.00. The van der Waals surface area contributed by atoms with Crippen molar-refractivity contribution in [2.24, 2.45) is 5.92 Å². The van der Waals surface area contributed by atoms with Gasteiger partial charge in [0.05, 0.1) is 5.75 Å². The fourth-order valence-electron chi connectivity index (χ4n) is 1.97. The van der Waals surface area contributed by atoms with E-state index in [0.717, 1.165) is 16.6 Å². The summed E-state index contributed by atoms with van der Waals surface area (Å²) in [5, 5.41) is 11.2. The van der Waals surface area contributed by atoms with Crippen molar-refractivity contribution in [2.45, 2.75) is 31.5 Å². The summed E-state index contributed by atoms with van der Waals surface area (Å²) in [5.41, 5.74) is 4.78. The number of carbonyl (C=O) groups is 1. The molecule has 1 aromatic carbocycles. The Bertz CT molecular complexity index is 651. The lowest BCUT2D eigenvalue weighted by molar-refractivity contribution is -0.435. The van der Waals surface area contributed by atoms with Crippen LogP contribution in [0.4, 0.5) is 5.69 Å². The van der Waals surface area contributed by atoms with Crippen LogP contribution in [-0.2, 0) is 4.79 Å². The Kier molecular flexibility index (Phi) is 8.75. The van der Waals surface area contributed by atoms with Gasteiger partial charge in [-0.25, -0.2) is 0 Å². The van der Waals surface area contributed by atoms with E-state index in [2.05, 4.69) is 51.0 Å². The Hall–Kier alpha value is -1.09. The molecular formula is C15H20BrClN4O2S. The molecule has 2 rings (SSSR count). The number of benzene rings is 1. The minimum atomic E-state index is -0.120. The standard InChI is InChI=1S/C15H19BrN4O2S.ClH/c1-9(2)7-12(17)14-19-20-15(22-14)23-8-13(21)18-11-5-3-10(16)4-6-11;/h3-6,9,12H,7-8,17H2,1-2H3,(H,18,21);1H/t12-;/m0./s1. The number of thioether (sulfide) groups is 1. The van der Waals surface area contributed by atoms with Crippen LogP contribution in [0.2, 0.25) is 0 Å². The van der Waals surface area contributed by atoms with Gasteiger partial charge in [-0.15, -0.1) is 10.2 Å². The number of hydrogen-bond donors (Lipinski definition) is 2. The van der Waals surface area contributed by atoms with Crippen molar-refractivity contribution in [3.8, 4) is 0 Å². The molecule has 1 atom stereocenters. The summed E-state index contributed by atoms with van der Waals surface area (Å²) in [6.45, 7) is 4.24. The number of carbonyl (C=O) groups excluding carboxylic acids is 1. The number of amides is 1. The fourth-order valence-corrected chi connectivity index (χ4v) is 2.81.